The number of nitrogens with zero attached hydrogens (tertiary/aromatic N) is 2. The molecule has 0 amide bonds. The lowest BCUT2D eigenvalue weighted by Gasteiger charge is -1.97. The van der Waals surface area contributed by atoms with Crippen molar-refractivity contribution in [2.75, 3.05) is 0 Å². The van der Waals surface area contributed by atoms with Crippen LogP contribution in [0.4, 0.5) is 0 Å². The van der Waals surface area contributed by atoms with E-state index in [9.17, 15) is 4.79 Å². The molecular formula is C7H5BrN4OS. The number of hydrogen-bond acceptors (Lipinski definition) is 4. The number of aromatic nitrogens is 4. The van der Waals surface area contributed by atoms with Crippen LogP contribution in [0, 0.1) is 0 Å². The molecule has 0 spiro atoms. The highest BCUT2D eigenvalue weighted by molar-refractivity contribution is 9.10. The molecule has 0 saturated carbocycles. The molecule has 5 nitrogen and oxygen atoms in total. The van der Waals surface area contributed by atoms with Gasteiger partial charge in [0.1, 0.15) is 9.50 Å². The van der Waals surface area contributed by atoms with Crippen molar-refractivity contribution in [3.8, 4) is 0 Å². The molecule has 0 aliphatic carbocycles. The Morgan fingerprint density at radius 2 is 2.21 bits per heavy atom. The van der Waals surface area contributed by atoms with Gasteiger partial charge in [-0.1, -0.05) is 0 Å². The quantitative estimate of drug-likeness (QED) is 0.811. The van der Waals surface area contributed by atoms with Crippen LogP contribution in [0.5, 0.6) is 0 Å². The molecule has 2 N–H and O–H groups in total. The number of halogens is 1. The van der Waals surface area contributed by atoms with Gasteiger partial charge in [-0.3, -0.25) is 4.79 Å². The maximum absolute atomic E-state index is 11.2. The molecule has 0 bridgehead atoms. The SMILES string of the molecule is O=c1[nH]cnc(Sc2ncc[nH]2)c1Br. The van der Waals surface area contributed by atoms with Gasteiger partial charge in [0.05, 0.1) is 6.33 Å². The molecule has 2 heterocycles. The monoisotopic (exact) mass is 272 g/mol. The van der Waals surface area contributed by atoms with E-state index in [0.717, 1.165) is 0 Å². The third kappa shape index (κ3) is 1.88. The van der Waals surface area contributed by atoms with Gasteiger partial charge in [-0.2, -0.15) is 0 Å². The molecule has 0 saturated heterocycles. The largest absolute Gasteiger partial charge is 0.339 e. The molecule has 0 aliphatic heterocycles. The third-order valence-corrected chi connectivity index (χ3v) is 3.35. The van der Waals surface area contributed by atoms with Crippen LogP contribution >= 0.6 is 27.7 Å². The lowest BCUT2D eigenvalue weighted by Crippen LogP contribution is -2.07. The van der Waals surface area contributed by atoms with E-state index < -0.39 is 0 Å². The predicted octanol–water partition coefficient (Wildman–Crippen LogP) is 1.41. The fourth-order valence-corrected chi connectivity index (χ4v) is 2.01. The molecule has 0 aliphatic rings. The topological polar surface area (TPSA) is 74.4 Å². The second kappa shape index (κ2) is 3.97. The summed E-state index contributed by atoms with van der Waals surface area (Å²) in [5.74, 6) is 0. The Kier molecular flexibility index (Phi) is 2.69. The van der Waals surface area contributed by atoms with Crippen molar-refractivity contribution in [1.29, 1.82) is 0 Å². The smallest absolute Gasteiger partial charge is 0.266 e. The van der Waals surface area contributed by atoms with Gasteiger partial charge in [-0.25, -0.2) is 9.97 Å². The van der Waals surface area contributed by atoms with Crippen LogP contribution < -0.4 is 5.56 Å². The molecule has 0 radical (unpaired) electrons. The molecule has 0 unspecified atom stereocenters. The maximum atomic E-state index is 11.2. The van der Waals surface area contributed by atoms with Gasteiger partial charge < -0.3 is 9.97 Å². The van der Waals surface area contributed by atoms with Crippen LogP contribution in [0.2, 0.25) is 0 Å². The number of nitrogens with one attached hydrogen (secondary N) is 2. The maximum Gasteiger partial charge on any atom is 0.266 e. The average Bonchev–Trinajstić information content (AvgIpc) is 2.66. The first-order chi connectivity index (χ1) is 6.77. The van der Waals surface area contributed by atoms with E-state index in [-0.39, 0.29) is 5.56 Å². The molecule has 0 fully saturated rings. The molecule has 0 atom stereocenters. The average molecular weight is 273 g/mol. The summed E-state index contributed by atoms with van der Waals surface area (Å²) >= 11 is 4.45. The van der Waals surface area contributed by atoms with Crippen molar-refractivity contribution < 1.29 is 0 Å². The summed E-state index contributed by atoms with van der Waals surface area (Å²) in [6, 6.07) is 0. The highest BCUT2D eigenvalue weighted by atomic mass is 79.9. The van der Waals surface area contributed by atoms with Crippen LogP contribution in [0.1, 0.15) is 0 Å². The fraction of sp³-hybridized carbons (Fsp3) is 0. The molecule has 0 aromatic carbocycles. The molecular weight excluding hydrogens is 268 g/mol. The zero-order valence-electron chi connectivity index (χ0n) is 6.82. The molecule has 2 rings (SSSR count). The number of H-pyrrole nitrogens is 2. The Balaban J connectivity index is 2.34. The molecule has 14 heavy (non-hydrogen) atoms. The van der Waals surface area contributed by atoms with Crippen LogP contribution in [0.25, 0.3) is 0 Å². The Labute approximate surface area is 91.5 Å². The Morgan fingerprint density at radius 3 is 2.93 bits per heavy atom. The first kappa shape index (κ1) is 9.47. The lowest BCUT2D eigenvalue weighted by molar-refractivity contribution is 0.975. The third-order valence-electron chi connectivity index (χ3n) is 1.43. The van der Waals surface area contributed by atoms with Gasteiger partial charge in [0, 0.05) is 12.4 Å². The van der Waals surface area contributed by atoms with Crippen LogP contribution in [0.3, 0.4) is 0 Å². The van der Waals surface area contributed by atoms with Gasteiger partial charge in [-0.05, 0) is 27.7 Å². The van der Waals surface area contributed by atoms with E-state index in [0.29, 0.717) is 14.7 Å². The predicted molar refractivity (Wildman–Crippen MR) is 55.3 cm³/mol. The van der Waals surface area contributed by atoms with Crippen LogP contribution in [0.15, 0.2) is 38.2 Å². The van der Waals surface area contributed by atoms with E-state index in [1.807, 2.05) is 0 Å². The standard InChI is InChI=1S/C7H5BrN4OS/c8-4-5(13)11-3-12-6(4)14-7-9-1-2-10-7/h1-3H,(H,9,10)(H,11,12,13). The van der Waals surface area contributed by atoms with Crippen LogP contribution in [-0.4, -0.2) is 19.9 Å². The summed E-state index contributed by atoms with van der Waals surface area (Å²) in [6.45, 7) is 0. The normalized spacial score (nSPS) is 10.4. The lowest BCUT2D eigenvalue weighted by atomic mass is 10.7. The van der Waals surface area contributed by atoms with Gasteiger partial charge in [-0.15, -0.1) is 0 Å². The number of aromatic amines is 2. The zero-order chi connectivity index (χ0) is 9.97. The summed E-state index contributed by atoms with van der Waals surface area (Å²) in [4.78, 5) is 24.6. The number of imidazole rings is 1. The summed E-state index contributed by atoms with van der Waals surface area (Å²) in [5, 5.41) is 1.28. The summed E-state index contributed by atoms with van der Waals surface area (Å²) in [7, 11) is 0. The first-order valence-corrected chi connectivity index (χ1v) is 5.29. The Hall–Kier alpha value is -1.08. The minimum absolute atomic E-state index is 0.200. The van der Waals surface area contributed by atoms with E-state index in [4.69, 9.17) is 0 Å². The summed E-state index contributed by atoms with van der Waals surface area (Å²) in [6.07, 6.45) is 4.71. The first-order valence-electron chi connectivity index (χ1n) is 3.68. The molecule has 72 valence electrons. The number of rotatable bonds is 2. The minimum atomic E-state index is -0.200. The Morgan fingerprint density at radius 1 is 1.36 bits per heavy atom. The fourth-order valence-electron chi connectivity index (χ4n) is 0.836. The van der Waals surface area contributed by atoms with E-state index in [2.05, 4.69) is 35.9 Å². The highest BCUT2D eigenvalue weighted by Crippen LogP contribution is 2.26. The van der Waals surface area contributed by atoms with Crippen molar-refractivity contribution >= 4 is 27.7 Å². The highest BCUT2D eigenvalue weighted by Gasteiger charge is 2.07. The second-order valence-corrected chi connectivity index (χ2v) is 4.12. The van der Waals surface area contributed by atoms with Gasteiger partial charge >= 0.3 is 0 Å². The van der Waals surface area contributed by atoms with E-state index in [1.165, 1.54) is 18.1 Å². The summed E-state index contributed by atoms with van der Waals surface area (Å²) in [5.41, 5.74) is -0.200. The second-order valence-electron chi connectivity index (χ2n) is 2.35. The van der Waals surface area contributed by atoms with Crippen molar-refractivity contribution in [2.45, 2.75) is 10.2 Å². The Bertz CT molecular complexity index is 481. The number of hydrogen-bond donors (Lipinski definition) is 2. The molecule has 7 heteroatoms. The zero-order valence-corrected chi connectivity index (χ0v) is 9.22. The summed E-state index contributed by atoms with van der Waals surface area (Å²) < 4.78 is 0.418. The van der Waals surface area contributed by atoms with Crippen LogP contribution in [-0.2, 0) is 0 Å². The van der Waals surface area contributed by atoms with E-state index >= 15 is 0 Å². The molecule has 2 aromatic heterocycles. The van der Waals surface area contributed by atoms with Crippen molar-refractivity contribution in [1.82, 2.24) is 19.9 Å². The van der Waals surface area contributed by atoms with Crippen molar-refractivity contribution in [3.05, 3.63) is 33.5 Å². The minimum Gasteiger partial charge on any atom is -0.339 e. The van der Waals surface area contributed by atoms with Crippen molar-refractivity contribution in [3.63, 3.8) is 0 Å². The molecule has 2 aromatic rings. The van der Waals surface area contributed by atoms with Gasteiger partial charge in [0.15, 0.2) is 5.16 Å². The van der Waals surface area contributed by atoms with E-state index in [1.54, 1.807) is 12.4 Å². The van der Waals surface area contributed by atoms with Gasteiger partial charge in [0.2, 0.25) is 0 Å². The van der Waals surface area contributed by atoms with Gasteiger partial charge in [0.25, 0.3) is 5.56 Å². The van der Waals surface area contributed by atoms with Crippen molar-refractivity contribution in [2.24, 2.45) is 0 Å².